The molecule has 1 aromatic heterocycles. The van der Waals surface area contributed by atoms with Gasteiger partial charge in [0.05, 0.1) is 6.26 Å². The maximum absolute atomic E-state index is 13.5. The highest BCUT2D eigenvalue weighted by Crippen LogP contribution is 2.31. The second-order valence-corrected chi connectivity index (χ2v) is 11.1. The Morgan fingerprint density at radius 3 is 2.21 bits per heavy atom. The van der Waals surface area contributed by atoms with Crippen LogP contribution >= 0.6 is 0 Å². The van der Waals surface area contributed by atoms with Crippen molar-refractivity contribution in [1.82, 2.24) is 4.90 Å². The zero-order valence-corrected chi connectivity index (χ0v) is 23.4. The quantitative estimate of drug-likeness (QED) is 0.330. The maximum atomic E-state index is 13.5. The fourth-order valence-electron chi connectivity index (χ4n) is 6.32. The Labute approximate surface area is 232 Å². The van der Waals surface area contributed by atoms with Crippen LogP contribution in [0.4, 0.5) is 11.4 Å². The minimum Gasteiger partial charge on any atom is -0.459 e. The number of para-hydroxylation sites is 1. The Hall–Kier alpha value is -3.38. The van der Waals surface area contributed by atoms with Gasteiger partial charge < -0.3 is 19.1 Å². The molecule has 2 amide bonds. The molecule has 0 N–H and O–H groups in total. The van der Waals surface area contributed by atoms with E-state index in [0.717, 1.165) is 63.1 Å². The van der Waals surface area contributed by atoms with Crippen LogP contribution in [-0.4, -0.2) is 48.4 Å². The summed E-state index contributed by atoms with van der Waals surface area (Å²) in [4.78, 5) is 32.7. The van der Waals surface area contributed by atoms with Crippen molar-refractivity contribution in [3.63, 3.8) is 0 Å². The van der Waals surface area contributed by atoms with Crippen LogP contribution in [0.1, 0.15) is 73.6 Å². The number of piperidine rings is 1. The molecule has 1 saturated heterocycles. The number of nitrogens with zero attached hydrogens (tertiary/aromatic N) is 3. The van der Waals surface area contributed by atoms with E-state index in [0.29, 0.717) is 11.8 Å². The van der Waals surface area contributed by atoms with E-state index in [1.807, 2.05) is 17.0 Å². The largest absolute Gasteiger partial charge is 0.459 e. The fourth-order valence-corrected chi connectivity index (χ4v) is 6.32. The van der Waals surface area contributed by atoms with Crippen LogP contribution in [0.2, 0.25) is 0 Å². The van der Waals surface area contributed by atoms with Gasteiger partial charge in [-0.15, -0.1) is 0 Å². The number of rotatable bonds is 8. The van der Waals surface area contributed by atoms with Gasteiger partial charge in [-0.2, -0.15) is 0 Å². The Morgan fingerprint density at radius 1 is 0.846 bits per heavy atom. The number of hydrogen-bond acceptors (Lipinski definition) is 4. The lowest BCUT2D eigenvalue weighted by Gasteiger charge is -2.38. The molecule has 0 radical (unpaired) electrons. The van der Waals surface area contributed by atoms with E-state index in [4.69, 9.17) is 4.42 Å². The third-order valence-electron chi connectivity index (χ3n) is 8.41. The highest BCUT2D eigenvalue weighted by molar-refractivity contribution is 6.04. The van der Waals surface area contributed by atoms with Crippen molar-refractivity contribution < 1.29 is 14.0 Å². The number of aryl methyl sites for hydroxylation is 1. The molecule has 1 aliphatic carbocycles. The Kier molecular flexibility index (Phi) is 8.82. The minimum absolute atomic E-state index is 0.0803. The van der Waals surface area contributed by atoms with Crippen LogP contribution in [0.5, 0.6) is 0 Å². The van der Waals surface area contributed by atoms with Crippen LogP contribution in [0.25, 0.3) is 0 Å². The van der Waals surface area contributed by atoms with Gasteiger partial charge in [-0.05, 0) is 74.9 Å². The number of benzene rings is 2. The van der Waals surface area contributed by atoms with E-state index >= 15 is 0 Å². The summed E-state index contributed by atoms with van der Waals surface area (Å²) in [5.41, 5.74) is 4.42. The van der Waals surface area contributed by atoms with Crippen molar-refractivity contribution in [2.24, 2.45) is 0 Å². The highest BCUT2D eigenvalue weighted by Gasteiger charge is 2.31. The van der Waals surface area contributed by atoms with Crippen LogP contribution in [0.3, 0.4) is 0 Å². The lowest BCUT2D eigenvalue weighted by Crippen LogP contribution is -2.48. The van der Waals surface area contributed by atoms with E-state index in [2.05, 4.69) is 53.1 Å². The number of anilines is 2. The van der Waals surface area contributed by atoms with E-state index in [-0.39, 0.29) is 17.9 Å². The van der Waals surface area contributed by atoms with Gasteiger partial charge in [-0.3, -0.25) is 9.59 Å². The molecule has 3 aromatic rings. The summed E-state index contributed by atoms with van der Waals surface area (Å²) in [6.07, 6.45) is 10.1. The molecule has 1 saturated carbocycles. The molecule has 2 fully saturated rings. The van der Waals surface area contributed by atoms with Gasteiger partial charge >= 0.3 is 0 Å². The Morgan fingerprint density at radius 2 is 1.54 bits per heavy atom. The smallest absolute Gasteiger partial charge is 0.294 e. The third kappa shape index (κ3) is 6.44. The summed E-state index contributed by atoms with van der Waals surface area (Å²) in [5, 5.41) is 0. The highest BCUT2D eigenvalue weighted by atomic mass is 16.3. The number of furan rings is 1. The number of hydrogen-bond donors (Lipinski definition) is 0. The molecule has 2 aromatic carbocycles. The molecule has 2 heterocycles. The minimum atomic E-state index is -0.0803. The molecule has 6 nitrogen and oxygen atoms in total. The fraction of sp³-hybridized carbons (Fsp3) is 0.455. The normalized spacial score (nSPS) is 17.2. The first kappa shape index (κ1) is 27.2. The van der Waals surface area contributed by atoms with Crippen molar-refractivity contribution in [2.45, 2.75) is 77.3 Å². The number of carbonyl (C=O) groups is 2. The molecule has 2 aliphatic rings. The maximum Gasteiger partial charge on any atom is 0.294 e. The monoisotopic (exact) mass is 527 g/mol. The van der Waals surface area contributed by atoms with E-state index in [9.17, 15) is 9.59 Å². The third-order valence-corrected chi connectivity index (χ3v) is 8.41. The van der Waals surface area contributed by atoms with Gasteiger partial charge in [0, 0.05) is 50.0 Å². The van der Waals surface area contributed by atoms with Crippen LogP contribution in [-0.2, 0) is 11.2 Å². The number of carbonyl (C=O) groups excluding carboxylic acids is 2. The second kappa shape index (κ2) is 12.6. The molecule has 6 heteroatoms. The molecule has 0 bridgehead atoms. The lowest BCUT2D eigenvalue weighted by molar-refractivity contribution is -0.117. The first-order valence-electron chi connectivity index (χ1n) is 14.5. The number of amides is 2. The van der Waals surface area contributed by atoms with Gasteiger partial charge in [0.25, 0.3) is 5.91 Å². The van der Waals surface area contributed by atoms with Crippen LogP contribution in [0.15, 0.2) is 71.3 Å². The van der Waals surface area contributed by atoms with Crippen molar-refractivity contribution in [3.05, 3.63) is 83.8 Å². The molecule has 39 heavy (non-hydrogen) atoms. The summed E-state index contributed by atoms with van der Waals surface area (Å²) in [6.45, 7) is 6.57. The van der Waals surface area contributed by atoms with Crippen LogP contribution in [0, 0.1) is 6.92 Å². The second-order valence-electron chi connectivity index (χ2n) is 11.1. The van der Waals surface area contributed by atoms with Crippen molar-refractivity contribution in [1.29, 1.82) is 0 Å². The summed E-state index contributed by atoms with van der Waals surface area (Å²) in [6, 6.07) is 20.6. The van der Waals surface area contributed by atoms with Crippen LogP contribution < -0.4 is 9.80 Å². The average molecular weight is 528 g/mol. The molecular formula is C33H41N3O3. The van der Waals surface area contributed by atoms with E-state index in [1.165, 1.54) is 30.4 Å². The predicted molar refractivity (Wildman–Crippen MR) is 156 cm³/mol. The summed E-state index contributed by atoms with van der Waals surface area (Å²) < 4.78 is 5.48. The lowest BCUT2D eigenvalue weighted by atomic mass is 9.93. The molecule has 206 valence electrons. The molecule has 5 rings (SSSR count). The van der Waals surface area contributed by atoms with Gasteiger partial charge in [0.15, 0.2) is 5.76 Å². The zero-order valence-electron chi connectivity index (χ0n) is 23.4. The molecule has 0 unspecified atom stereocenters. The SMILES string of the molecule is CC(=O)N(c1ccccc1CCN1CCC(N(C(=O)c2ccco2)c2ccc(C)cc2)CC1)C1CCCCC1. The predicted octanol–water partition coefficient (Wildman–Crippen LogP) is 6.63. The topological polar surface area (TPSA) is 57.0 Å². The standard InChI is InChI=1S/C33H41N3O3/c1-25-14-16-29(17-15-25)36(33(38)32-13-8-24-39-32)30-19-22-34(23-20-30)21-18-27-9-6-7-12-31(27)35(26(2)37)28-10-4-3-5-11-28/h6-9,12-17,24,28,30H,3-5,10-11,18-23H2,1-2H3. The van der Waals surface area contributed by atoms with E-state index < -0.39 is 0 Å². The van der Waals surface area contributed by atoms with Gasteiger partial charge in [0.1, 0.15) is 0 Å². The van der Waals surface area contributed by atoms with Crippen molar-refractivity contribution in [3.8, 4) is 0 Å². The summed E-state index contributed by atoms with van der Waals surface area (Å²) in [7, 11) is 0. The van der Waals surface area contributed by atoms with Gasteiger partial charge in [0.2, 0.25) is 5.91 Å². The van der Waals surface area contributed by atoms with Crippen molar-refractivity contribution in [2.75, 3.05) is 29.4 Å². The summed E-state index contributed by atoms with van der Waals surface area (Å²) in [5.74, 6) is 0.443. The first-order valence-corrected chi connectivity index (χ1v) is 14.5. The Bertz CT molecular complexity index is 1220. The first-order chi connectivity index (χ1) is 19.0. The van der Waals surface area contributed by atoms with Gasteiger partial charge in [-0.1, -0.05) is 55.2 Å². The zero-order chi connectivity index (χ0) is 27.2. The molecule has 0 atom stereocenters. The molecule has 0 spiro atoms. The summed E-state index contributed by atoms with van der Waals surface area (Å²) >= 11 is 0. The number of likely N-dealkylation sites (tertiary alicyclic amines) is 1. The Balaban J connectivity index is 1.24. The van der Waals surface area contributed by atoms with Crippen molar-refractivity contribution >= 4 is 23.2 Å². The van der Waals surface area contributed by atoms with Gasteiger partial charge in [-0.25, -0.2) is 0 Å². The van der Waals surface area contributed by atoms with E-state index in [1.54, 1.807) is 25.3 Å². The average Bonchev–Trinajstić information content (AvgIpc) is 3.50. The molecule has 1 aliphatic heterocycles. The molecular weight excluding hydrogens is 486 g/mol.